The molecule has 1 amide bonds. The molecule has 0 saturated heterocycles. The summed E-state index contributed by atoms with van der Waals surface area (Å²) in [5.41, 5.74) is -0.835. The maximum atomic E-state index is 12.4. The molecule has 0 spiro atoms. The highest BCUT2D eigenvalue weighted by molar-refractivity contribution is 6.32. The van der Waals surface area contributed by atoms with E-state index in [-0.39, 0.29) is 17.7 Å². The maximum Gasteiger partial charge on any atom is 0.408 e. The summed E-state index contributed by atoms with van der Waals surface area (Å²) in [6, 6.07) is 5.86. The molecule has 1 N–H and O–H groups in total. The van der Waals surface area contributed by atoms with Crippen LogP contribution in [0.5, 0.6) is 5.75 Å². The van der Waals surface area contributed by atoms with Crippen molar-refractivity contribution in [3.63, 3.8) is 0 Å². The number of pyridine rings is 1. The van der Waals surface area contributed by atoms with E-state index in [2.05, 4.69) is 16.9 Å². The Labute approximate surface area is 190 Å². The van der Waals surface area contributed by atoms with Gasteiger partial charge in [0.05, 0.1) is 11.1 Å². The Bertz CT molecular complexity index is 913. The first-order valence-corrected chi connectivity index (χ1v) is 11.4. The van der Waals surface area contributed by atoms with Crippen molar-refractivity contribution < 1.29 is 14.3 Å². The van der Waals surface area contributed by atoms with E-state index >= 15 is 0 Å². The Hall–Kier alpha value is -2.27. The van der Waals surface area contributed by atoms with Crippen molar-refractivity contribution in [3.8, 4) is 5.75 Å². The van der Waals surface area contributed by atoms with Crippen molar-refractivity contribution in [2.24, 2.45) is 0 Å². The molecule has 0 atom stereocenters. The van der Waals surface area contributed by atoms with Crippen LogP contribution in [0.15, 0.2) is 43.2 Å². The maximum absolute atomic E-state index is 12.4. The summed E-state index contributed by atoms with van der Waals surface area (Å²) >= 11 is 6.47. The number of aromatic nitrogens is 1. The fraction of sp³-hybridized carbons (Fsp3) is 0.520. The number of nitrogens with one attached hydrogen (secondary N) is 1. The van der Waals surface area contributed by atoms with E-state index in [0.29, 0.717) is 5.02 Å². The molecule has 1 aromatic carbocycles. The molecule has 6 heteroatoms. The molecule has 1 heterocycles. The molecule has 1 fully saturated rings. The average Bonchev–Trinajstić information content (AvgIpc) is 2.65. The number of hydrogen-bond acceptors (Lipinski definition) is 4. The van der Waals surface area contributed by atoms with Gasteiger partial charge in [-0.1, -0.05) is 17.7 Å². The molecule has 31 heavy (non-hydrogen) atoms. The van der Waals surface area contributed by atoms with Gasteiger partial charge in [-0.25, -0.2) is 4.79 Å². The zero-order valence-corrected chi connectivity index (χ0v) is 19.5. The van der Waals surface area contributed by atoms with Crippen molar-refractivity contribution in [1.29, 1.82) is 0 Å². The van der Waals surface area contributed by atoms with Gasteiger partial charge in [-0.2, -0.15) is 0 Å². The predicted octanol–water partition coefficient (Wildman–Crippen LogP) is 6.83. The lowest BCUT2D eigenvalue weighted by Crippen LogP contribution is -2.50. The topological polar surface area (TPSA) is 60.5 Å². The number of alkyl carbamates (subject to hydrolysis) is 1. The lowest BCUT2D eigenvalue weighted by atomic mass is 9.81. The van der Waals surface area contributed by atoms with E-state index in [1.54, 1.807) is 12.4 Å². The number of halogens is 1. The molecule has 2 aromatic rings. The van der Waals surface area contributed by atoms with E-state index in [4.69, 9.17) is 21.1 Å². The lowest BCUT2D eigenvalue weighted by molar-refractivity contribution is 0.0423. The first kappa shape index (κ1) is 23.4. The van der Waals surface area contributed by atoms with Crippen LogP contribution in [0.2, 0.25) is 5.02 Å². The molecule has 0 unspecified atom stereocenters. The van der Waals surface area contributed by atoms with Gasteiger partial charge in [0.25, 0.3) is 0 Å². The zero-order valence-electron chi connectivity index (χ0n) is 18.7. The first-order valence-electron chi connectivity index (χ1n) is 11.0. The number of benzene rings is 1. The van der Waals surface area contributed by atoms with Crippen molar-refractivity contribution in [2.45, 2.75) is 83.0 Å². The van der Waals surface area contributed by atoms with Crippen LogP contribution in [0.4, 0.5) is 4.79 Å². The number of nitrogens with zero attached hydrogens (tertiary/aromatic N) is 1. The summed E-state index contributed by atoms with van der Waals surface area (Å²) in [5, 5.41) is 5.82. The van der Waals surface area contributed by atoms with Crippen LogP contribution in [-0.4, -0.2) is 28.3 Å². The summed E-state index contributed by atoms with van der Waals surface area (Å²) in [5.74, 6) is 0.718. The molecule has 0 aliphatic heterocycles. The summed E-state index contributed by atoms with van der Waals surface area (Å²) in [6.45, 7) is 9.53. The number of carbonyl (C=O) groups excluding carboxylic acids is 1. The average molecular weight is 445 g/mol. The molecule has 3 rings (SSSR count). The third kappa shape index (κ3) is 6.60. The van der Waals surface area contributed by atoms with Gasteiger partial charge in [-0.15, -0.1) is 6.58 Å². The Morgan fingerprint density at radius 1 is 1.29 bits per heavy atom. The Morgan fingerprint density at radius 2 is 2.00 bits per heavy atom. The molecular weight excluding hydrogens is 412 g/mol. The molecule has 1 aromatic heterocycles. The smallest absolute Gasteiger partial charge is 0.408 e. The number of carbonyl (C=O) groups is 1. The second-order valence-corrected chi connectivity index (χ2v) is 9.84. The third-order valence-corrected chi connectivity index (χ3v) is 5.94. The lowest BCUT2D eigenvalue weighted by Gasteiger charge is -2.37. The minimum atomic E-state index is -0.519. The number of hydrogen-bond donors (Lipinski definition) is 1. The van der Waals surface area contributed by atoms with Gasteiger partial charge in [0.15, 0.2) is 0 Å². The number of amides is 1. The van der Waals surface area contributed by atoms with Crippen LogP contribution >= 0.6 is 11.6 Å². The normalized spacial score (nSPS) is 22.3. The van der Waals surface area contributed by atoms with Gasteiger partial charge in [-0.05, 0) is 89.3 Å². The molecule has 1 saturated carbocycles. The minimum absolute atomic E-state index is 0.0973. The quantitative estimate of drug-likeness (QED) is 0.513. The van der Waals surface area contributed by atoms with E-state index in [1.807, 2.05) is 45.0 Å². The molecular formula is C25H33ClN2O3. The molecule has 168 valence electrons. The standard InChI is InChI=1S/C25H33ClN2O3/c1-5-11-25(28-23(29)31-24(2,3)4)12-6-8-20(9-7-13-25)30-22-16-18-10-14-27-17-19(18)15-21(22)26/h5,10,14-17,20H,1,6-9,11-13H2,2-4H3,(H,28,29). The largest absolute Gasteiger partial charge is 0.489 e. The summed E-state index contributed by atoms with van der Waals surface area (Å²) in [4.78, 5) is 16.6. The summed E-state index contributed by atoms with van der Waals surface area (Å²) in [7, 11) is 0. The number of rotatable bonds is 5. The Kier molecular flexibility index (Phi) is 7.47. The molecule has 0 radical (unpaired) electrons. The van der Waals surface area contributed by atoms with E-state index in [9.17, 15) is 4.79 Å². The highest BCUT2D eigenvalue weighted by Crippen LogP contribution is 2.35. The van der Waals surface area contributed by atoms with Gasteiger partial charge in [0.1, 0.15) is 11.4 Å². The Balaban J connectivity index is 1.64. The van der Waals surface area contributed by atoms with Crippen molar-refractivity contribution in [3.05, 3.63) is 48.3 Å². The monoisotopic (exact) mass is 444 g/mol. The summed E-state index contributed by atoms with van der Waals surface area (Å²) < 4.78 is 11.8. The van der Waals surface area contributed by atoms with Crippen LogP contribution in [0.25, 0.3) is 10.8 Å². The van der Waals surface area contributed by atoms with E-state index in [1.165, 1.54) is 0 Å². The fourth-order valence-electron chi connectivity index (χ4n) is 4.26. The molecule has 1 aliphatic carbocycles. The van der Waals surface area contributed by atoms with Crippen molar-refractivity contribution >= 4 is 28.5 Å². The first-order chi connectivity index (χ1) is 14.7. The van der Waals surface area contributed by atoms with Crippen molar-refractivity contribution in [1.82, 2.24) is 10.3 Å². The fourth-order valence-corrected chi connectivity index (χ4v) is 4.47. The van der Waals surface area contributed by atoms with Gasteiger partial charge in [0.2, 0.25) is 0 Å². The van der Waals surface area contributed by atoms with Crippen molar-refractivity contribution in [2.75, 3.05) is 0 Å². The van der Waals surface area contributed by atoms with E-state index in [0.717, 1.165) is 61.5 Å². The highest BCUT2D eigenvalue weighted by Gasteiger charge is 2.34. The Morgan fingerprint density at radius 3 is 2.65 bits per heavy atom. The van der Waals surface area contributed by atoms with Crippen LogP contribution in [0.3, 0.4) is 0 Å². The van der Waals surface area contributed by atoms with Crippen LogP contribution < -0.4 is 10.1 Å². The summed E-state index contributed by atoms with van der Waals surface area (Å²) in [6.07, 6.45) is 11.3. The number of ether oxygens (including phenoxy) is 2. The molecule has 0 bridgehead atoms. The zero-order chi connectivity index (χ0) is 22.5. The third-order valence-electron chi connectivity index (χ3n) is 5.65. The van der Waals surface area contributed by atoms with Gasteiger partial charge in [-0.3, -0.25) is 4.98 Å². The van der Waals surface area contributed by atoms with Gasteiger partial charge < -0.3 is 14.8 Å². The molecule has 1 aliphatic rings. The second kappa shape index (κ2) is 9.90. The van der Waals surface area contributed by atoms with Gasteiger partial charge in [0, 0.05) is 23.3 Å². The number of fused-ring (bicyclic) bond motifs is 1. The van der Waals surface area contributed by atoms with Crippen LogP contribution in [-0.2, 0) is 4.74 Å². The predicted molar refractivity (Wildman–Crippen MR) is 126 cm³/mol. The van der Waals surface area contributed by atoms with E-state index < -0.39 is 5.60 Å². The highest BCUT2D eigenvalue weighted by atomic mass is 35.5. The minimum Gasteiger partial charge on any atom is -0.489 e. The van der Waals surface area contributed by atoms with Gasteiger partial charge >= 0.3 is 6.09 Å². The SMILES string of the molecule is C=CCC1(NC(=O)OC(C)(C)C)CCCC(Oc2cc3ccncc3cc2Cl)CCC1. The second-order valence-electron chi connectivity index (χ2n) is 9.43. The van der Waals surface area contributed by atoms with Crippen LogP contribution in [0.1, 0.15) is 65.7 Å². The molecule has 5 nitrogen and oxygen atoms in total. The van der Waals surface area contributed by atoms with Crippen LogP contribution in [0, 0.1) is 0 Å².